The molecule has 1 heterocycles. The number of hydrogen-bond donors (Lipinski definition) is 2. The van der Waals surface area contributed by atoms with E-state index in [9.17, 15) is 9.59 Å². The maximum atomic E-state index is 11.8. The monoisotopic (exact) mass is 296 g/mol. The first-order valence-electron chi connectivity index (χ1n) is 6.08. The van der Waals surface area contributed by atoms with Gasteiger partial charge in [0.25, 0.3) is 0 Å². The van der Waals surface area contributed by atoms with Crippen LogP contribution in [0.15, 0.2) is 39.5 Å². The van der Waals surface area contributed by atoms with Gasteiger partial charge in [-0.2, -0.15) is 0 Å². The van der Waals surface area contributed by atoms with Crippen molar-refractivity contribution in [1.82, 2.24) is 0 Å². The molecule has 0 aliphatic rings. The van der Waals surface area contributed by atoms with Crippen LogP contribution in [0, 0.1) is 5.92 Å². The van der Waals surface area contributed by atoms with Gasteiger partial charge >= 0.3 is 5.63 Å². The molecule has 1 aromatic carbocycles. The van der Waals surface area contributed by atoms with Crippen molar-refractivity contribution in [2.75, 3.05) is 5.32 Å². The number of rotatable bonds is 3. The SMILES string of the molecule is CC(C)[C@H](N)C(=O)Nc1ccc2oc(=O)ccc2c1.Cl. The third-order valence-corrected chi connectivity index (χ3v) is 2.91. The number of carbonyl (C=O) groups excluding carboxylic acids is 1. The largest absolute Gasteiger partial charge is 0.423 e. The highest BCUT2D eigenvalue weighted by Gasteiger charge is 2.17. The minimum Gasteiger partial charge on any atom is -0.423 e. The van der Waals surface area contributed by atoms with E-state index in [1.165, 1.54) is 6.07 Å². The number of nitrogens with one attached hydrogen (secondary N) is 1. The molecule has 0 bridgehead atoms. The molecule has 0 fully saturated rings. The van der Waals surface area contributed by atoms with Gasteiger partial charge < -0.3 is 15.5 Å². The smallest absolute Gasteiger partial charge is 0.336 e. The molecule has 0 aliphatic carbocycles. The van der Waals surface area contributed by atoms with E-state index in [1.807, 2.05) is 13.8 Å². The summed E-state index contributed by atoms with van der Waals surface area (Å²) in [6.07, 6.45) is 0. The fourth-order valence-corrected chi connectivity index (χ4v) is 1.68. The molecule has 0 saturated carbocycles. The minimum atomic E-state index is -0.551. The summed E-state index contributed by atoms with van der Waals surface area (Å²) in [4.78, 5) is 22.9. The van der Waals surface area contributed by atoms with Gasteiger partial charge in [0.1, 0.15) is 5.58 Å². The van der Waals surface area contributed by atoms with Crippen LogP contribution in [0.1, 0.15) is 13.8 Å². The molecule has 0 spiro atoms. The number of anilines is 1. The highest BCUT2D eigenvalue weighted by atomic mass is 35.5. The molecular weight excluding hydrogens is 280 g/mol. The molecule has 108 valence electrons. The molecule has 3 N–H and O–H groups in total. The average molecular weight is 297 g/mol. The molecule has 0 unspecified atom stereocenters. The molecule has 1 amide bonds. The maximum absolute atomic E-state index is 11.8. The molecule has 6 heteroatoms. The van der Waals surface area contributed by atoms with E-state index in [0.29, 0.717) is 11.3 Å². The predicted octanol–water partition coefficient (Wildman–Crippen LogP) is 2.14. The fourth-order valence-electron chi connectivity index (χ4n) is 1.68. The Kier molecular flexibility index (Phi) is 5.30. The van der Waals surface area contributed by atoms with Gasteiger partial charge in [0.2, 0.25) is 5.91 Å². The van der Waals surface area contributed by atoms with E-state index in [1.54, 1.807) is 24.3 Å². The summed E-state index contributed by atoms with van der Waals surface area (Å²) >= 11 is 0. The lowest BCUT2D eigenvalue weighted by molar-refractivity contribution is -0.118. The van der Waals surface area contributed by atoms with E-state index in [0.717, 1.165) is 5.39 Å². The second-order valence-electron chi connectivity index (χ2n) is 4.77. The van der Waals surface area contributed by atoms with Crippen molar-refractivity contribution < 1.29 is 9.21 Å². The molecule has 20 heavy (non-hydrogen) atoms. The van der Waals surface area contributed by atoms with Crippen LogP contribution in [0.4, 0.5) is 5.69 Å². The zero-order valence-electron chi connectivity index (χ0n) is 11.3. The first-order valence-corrected chi connectivity index (χ1v) is 6.08. The molecule has 0 radical (unpaired) electrons. The summed E-state index contributed by atoms with van der Waals surface area (Å²) in [5.74, 6) is -0.162. The van der Waals surface area contributed by atoms with E-state index < -0.39 is 11.7 Å². The van der Waals surface area contributed by atoms with E-state index in [2.05, 4.69) is 5.32 Å². The molecule has 2 aromatic rings. The number of nitrogens with two attached hydrogens (primary N) is 1. The minimum absolute atomic E-state index is 0. The van der Waals surface area contributed by atoms with E-state index in [-0.39, 0.29) is 24.2 Å². The third-order valence-electron chi connectivity index (χ3n) is 2.91. The topological polar surface area (TPSA) is 85.3 Å². The first kappa shape index (κ1) is 16.2. The Hall–Kier alpha value is -1.85. The Morgan fingerprint density at radius 1 is 1.25 bits per heavy atom. The number of amides is 1. The molecule has 0 saturated heterocycles. The summed E-state index contributed by atoms with van der Waals surface area (Å²) in [6, 6.07) is 7.50. The van der Waals surface area contributed by atoms with Gasteiger partial charge in [0.05, 0.1) is 6.04 Å². The number of fused-ring (bicyclic) bond motifs is 1. The Labute approximate surface area is 122 Å². The Morgan fingerprint density at radius 2 is 1.95 bits per heavy atom. The van der Waals surface area contributed by atoms with Crippen molar-refractivity contribution in [1.29, 1.82) is 0 Å². The van der Waals surface area contributed by atoms with Crippen molar-refractivity contribution in [2.45, 2.75) is 19.9 Å². The summed E-state index contributed by atoms with van der Waals surface area (Å²) < 4.78 is 5.01. The van der Waals surface area contributed by atoms with Crippen LogP contribution in [-0.4, -0.2) is 11.9 Å². The van der Waals surface area contributed by atoms with Crippen LogP contribution in [0.2, 0.25) is 0 Å². The van der Waals surface area contributed by atoms with Gasteiger partial charge in [0, 0.05) is 17.1 Å². The molecular formula is C14H17ClN2O3. The summed E-state index contributed by atoms with van der Waals surface area (Å²) in [7, 11) is 0. The molecule has 5 nitrogen and oxygen atoms in total. The Bertz CT molecular complexity index is 667. The molecule has 2 rings (SSSR count). The lowest BCUT2D eigenvalue weighted by Crippen LogP contribution is -2.39. The average Bonchev–Trinajstić information content (AvgIpc) is 2.37. The number of hydrogen-bond acceptors (Lipinski definition) is 4. The van der Waals surface area contributed by atoms with Crippen LogP contribution in [0.5, 0.6) is 0 Å². The fraction of sp³-hybridized carbons (Fsp3) is 0.286. The Balaban J connectivity index is 0.00000200. The van der Waals surface area contributed by atoms with Gasteiger partial charge in [-0.15, -0.1) is 12.4 Å². The standard InChI is InChI=1S/C14H16N2O3.ClH/c1-8(2)13(15)14(18)16-10-4-5-11-9(7-10)3-6-12(17)19-11;/h3-8,13H,15H2,1-2H3,(H,16,18);1H/t13-;/m0./s1. The van der Waals surface area contributed by atoms with Crippen molar-refractivity contribution in [2.24, 2.45) is 11.7 Å². The van der Waals surface area contributed by atoms with Crippen LogP contribution in [0.25, 0.3) is 11.0 Å². The second kappa shape index (κ2) is 6.54. The summed E-state index contributed by atoms with van der Waals surface area (Å²) in [6.45, 7) is 3.78. The van der Waals surface area contributed by atoms with Crippen molar-refractivity contribution in [3.8, 4) is 0 Å². The zero-order chi connectivity index (χ0) is 14.0. The zero-order valence-corrected chi connectivity index (χ0v) is 12.1. The number of benzene rings is 1. The van der Waals surface area contributed by atoms with Gasteiger partial charge in [-0.25, -0.2) is 4.79 Å². The van der Waals surface area contributed by atoms with Crippen LogP contribution >= 0.6 is 12.4 Å². The second-order valence-corrected chi connectivity index (χ2v) is 4.77. The van der Waals surface area contributed by atoms with Crippen LogP contribution < -0.4 is 16.7 Å². The van der Waals surface area contributed by atoms with Gasteiger partial charge in [-0.3, -0.25) is 4.79 Å². The number of halogens is 1. The van der Waals surface area contributed by atoms with Crippen molar-refractivity contribution >= 4 is 35.0 Å². The van der Waals surface area contributed by atoms with E-state index >= 15 is 0 Å². The van der Waals surface area contributed by atoms with E-state index in [4.69, 9.17) is 10.2 Å². The van der Waals surface area contributed by atoms with Crippen molar-refractivity contribution in [3.63, 3.8) is 0 Å². The molecule has 1 aromatic heterocycles. The first-order chi connectivity index (χ1) is 8.97. The van der Waals surface area contributed by atoms with Crippen molar-refractivity contribution in [3.05, 3.63) is 40.8 Å². The normalized spacial score (nSPS) is 12.0. The van der Waals surface area contributed by atoms with Gasteiger partial charge in [0.15, 0.2) is 0 Å². The Morgan fingerprint density at radius 3 is 2.60 bits per heavy atom. The quantitative estimate of drug-likeness (QED) is 0.850. The highest BCUT2D eigenvalue weighted by Crippen LogP contribution is 2.18. The van der Waals surface area contributed by atoms with Gasteiger partial charge in [-0.1, -0.05) is 13.8 Å². The maximum Gasteiger partial charge on any atom is 0.336 e. The highest BCUT2D eigenvalue weighted by molar-refractivity contribution is 5.96. The van der Waals surface area contributed by atoms with Crippen LogP contribution in [0.3, 0.4) is 0 Å². The van der Waals surface area contributed by atoms with Gasteiger partial charge in [-0.05, 0) is 30.2 Å². The molecule has 0 aliphatic heterocycles. The third kappa shape index (κ3) is 3.59. The summed E-state index contributed by atoms with van der Waals surface area (Å²) in [5.41, 5.74) is 6.48. The lowest BCUT2D eigenvalue weighted by atomic mass is 10.0. The lowest BCUT2D eigenvalue weighted by Gasteiger charge is -2.15. The predicted molar refractivity (Wildman–Crippen MR) is 81.2 cm³/mol. The van der Waals surface area contributed by atoms with Crippen LogP contribution in [-0.2, 0) is 4.79 Å². The molecule has 1 atom stereocenters. The number of carbonyl (C=O) groups is 1. The summed E-state index contributed by atoms with van der Waals surface area (Å²) in [5, 5.41) is 3.49.